The van der Waals surface area contributed by atoms with Crippen molar-refractivity contribution in [2.24, 2.45) is 5.92 Å². The van der Waals surface area contributed by atoms with E-state index >= 15 is 0 Å². The van der Waals surface area contributed by atoms with Crippen molar-refractivity contribution < 1.29 is 17.9 Å². The largest absolute Gasteiger partial charge is 0.496 e. The highest BCUT2D eigenvalue weighted by Crippen LogP contribution is 2.27. The highest BCUT2D eigenvalue weighted by Gasteiger charge is 2.39. The Kier molecular flexibility index (Phi) is 3.79. The van der Waals surface area contributed by atoms with E-state index in [0.717, 1.165) is 6.42 Å². The summed E-state index contributed by atoms with van der Waals surface area (Å²) in [6.07, 6.45) is 0.939. The van der Waals surface area contributed by atoms with Crippen molar-refractivity contribution >= 4 is 27.1 Å². The van der Waals surface area contributed by atoms with Crippen molar-refractivity contribution in [2.45, 2.75) is 13.3 Å². The van der Waals surface area contributed by atoms with E-state index in [1.54, 1.807) is 23.2 Å². The third-order valence-corrected chi connectivity index (χ3v) is 6.36. The van der Waals surface area contributed by atoms with Crippen LogP contribution in [0.1, 0.15) is 12.5 Å². The van der Waals surface area contributed by atoms with E-state index < -0.39 is 15.7 Å². The van der Waals surface area contributed by atoms with Crippen molar-refractivity contribution in [2.75, 3.05) is 25.4 Å². The van der Waals surface area contributed by atoms with E-state index in [1.807, 2.05) is 5.38 Å². The van der Waals surface area contributed by atoms with Crippen molar-refractivity contribution in [3.63, 3.8) is 0 Å². The molecule has 2 aliphatic rings. The number of ether oxygens (including phenoxy) is 1. The smallest absolute Gasteiger partial charge is 0.268 e. The van der Waals surface area contributed by atoms with Gasteiger partial charge in [0.25, 0.3) is 5.91 Å². The molecule has 1 fully saturated rings. The molecule has 1 saturated heterocycles. The number of rotatable bonds is 3. The number of likely N-dealkylation sites (tertiary alicyclic amines) is 1. The average Bonchev–Trinajstić information content (AvgIpc) is 2.84. The molecule has 0 N–H and O–H groups in total. The Hall–Kier alpha value is -1.34. The Morgan fingerprint density at radius 1 is 1.48 bits per heavy atom. The molecule has 7 heteroatoms. The van der Waals surface area contributed by atoms with E-state index in [1.165, 1.54) is 5.56 Å². The molecular weight excluding hydrogens is 310 g/mol. The van der Waals surface area contributed by atoms with Gasteiger partial charge in [0.1, 0.15) is 12.4 Å². The molecule has 114 valence electrons. The maximum atomic E-state index is 12.4. The summed E-state index contributed by atoms with van der Waals surface area (Å²) in [4.78, 5) is 13.8. The first-order valence-electron chi connectivity index (χ1n) is 6.84. The van der Waals surface area contributed by atoms with Gasteiger partial charge in [0.15, 0.2) is 14.7 Å². The van der Waals surface area contributed by atoms with Crippen molar-refractivity contribution in [3.8, 4) is 0 Å². The summed E-state index contributed by atoms with van der Waals surface area (Å²) in [5.41, 5.74) is 1.28. The predicted molar refractivity (Wildman–Crippen MR) is 80.5 cm³/mol. The fourth-order valence-electron chi connectivity index (χ4n) is 2.73. The van der Waals surface area contributed by atoms with Gasteiger partial charge < -0.3 is 9.64 Å². The molecule has 3 heterocycles. The van der Waals surface area contributed by atoms with Crippen LogP contribution in [0, 0.1) is 5.92 Å². The molecule has 0 saturated carbocycles. The predicted octanol–water partition coefficient (Wildman–Crippen LogP) is 1.43. The summed E-state index contributed by atoms with van der Waals surface area (Å²) < 4.78 is 29.3. The van der Waals surface area contributed by atoms with Crippen LogP contribution in [0.3, 0.4) is 0 Å². The summed E-state index contributed by atoms with van der Waals surface area (Å²) in [5.74, 6) is 0.121. The molecule has 0 spiro atoms. The van der Waals surface area contributed by atoms with Crippen LogP contribution in [0.4, 0.5) is 0 Å². The summed E-state index contributed by atoms with van der Waals surface area (Å²) in [6, 6.07) is 2.08. The Balaban J connectivity index is 1.65. The van der Waals surface area contributed by atoms with Gasteiger partial charge in [0, 0.05) is 13.1 Å². The highest BCUT2D eigenvalue weighted by molar-refractivity contribution is 7.96. The molecule has 5 nitrogen and oxygen atoms in total. The number of sulfone groups is 1. The van der Waals surface area contributed by atoms with Gasteiger partial charge in [0.05, 0.1) is 5.75 Å². The number of nitrogens with zero attached hydrogens (tertiary/aromatic N) is 1. The molecule has 0 atom stereocenters. The highest BCUT2D eigenvalue weighted by atomic mass is 32.2. The Bertz CT molecular complexity index is 670. The zero-order valence-electron chi connectivity index (χ0n) is 11.7. The minimum Gasteiger partial charge on any atom is -0.496 e. The lowest BCUT2D eigenvalue weighted by Gasteiger charge is -2.40. The topological polar surface area (TPSA) is 63.7 Å². The van der Waals surface area contributed by atoms with Gasteiger partial charge >= 0.3 is 0 Å². The molecule has 1 aromatic heterocycles. The van der Waals surface area contributed by atoms with Gasteiger partial charge in [-0.25, -0.2) is 8.42 Å². The van der Waals surface area contributed by atoms with Gasteiger partial charge in [-0.15, -0.1) is 0 Å². The third kappa shape index (κ3) is 2.85. The Morgan fingerprint density at radius 3 is 2.86 bits per heavy atom. The van der Waals surface area contributed by atoms with Crippen LogP contribution in [-0.2, 0) is 25.8 Å². The number of thiophene rings is 1. The maximum absolute atomic E-state index is 12.4. The van der Waals surface area contributed by atoms with Crippen LogP contribution in [0.2, 0.25) is 0 Å². The first-order valence-corrected chi connectivity index (χ1v) is 9.43. The lowest BCUT2D eigenvalue weighted by molar-refractivity contribution is -0.132. The first-order chi connectivity index (χ1) is 9.97. The Labute approximate surface area is 128 Å². The molecule has 0 radical (unpaired) electrons. The fourth-order valence-corrected chi connectivity index (χ4v) is 4.81. The number of carbonyl (C=O) groups is 1. The molecule has 1 aromatic rings. The molecule has 3 rings (SSSR count). The molecule has 0 unspecified atom stereocenters. The number of hydrogen-bond donors (Lipinski definition) is 0. The van der Waals surface area contributed by atoms with Crippen LogP contribution >= 0.6 is 11.3 Å². The normalized spacial score (nSPS) is 21.9. The number of allylic oxidation sites excluding steroid dienone is 1. The van der Waals surface area contributed by atoms with Crippen molar-refractivity contribution in [1.82, 2.24) is 4.90 Å². The lowest BCUT2D eigenvalue weighted by Crippen LogP contribution is -2.52. The quantitative estimate of drug-likeness (QED) is 0.842. The summed E-state index contributed by atoms with van der Waals surface area (Å²) in [7, 11) is -3.50. The van der Waals surface area contributed by atoms with Crippen LogP contribution < -0.4 is 0 Å². The summed E-state index contributed by atoms with van der Waals surface area (Å²) >= 11 is 1.66. The maximum Gasteiger partial charge on any atom is 0.268 e. The van der Waals surface area contributed by atoms with Crippen molar-refractivity contribution in [3.05, 3.63) is 33.1 Å². The minimum atomic E-state index is -3.50. The zero-order valence-corrected chi connectivity index (χ0v) is 13.4. The van der Waals surface area contributed by atoms with Gasteiger partial charge in [-0.1, -0.05) is 0 Å². The zero-order chi connectivity index (χ0) is 15.0. The first kappa shape index (κ1) is 14.6. The van der Waals surface area contributed by atoms with Gasteiger partial charge in [0.2, 0.25) is 0 Å². The molecular formula is C14H17NO4S2. The van der Waals surface area contributed by atoms with Crippen molar-refractivity contribution in [1.29, 1.82) is 0 Å². The van der Waals surface area contributed by atoms with Gasteiger partial charge in [-0.05, 0) is 41.7 Å². The van der Waals surface area contributed by atoms with Crippen LogP contribution in [0.25, 0.3) is 0 Å². The van der Waals surface area contributed by atoms with Gasteiger partial charge in [-0.3, -0.25) is 4.79 Å². The number of hydrogen-bond acceptors (Lipinski definition) is 5. The second kappa shape index (κ2) is 5.46. The second-order valence-corrected chi connectivity index (χ2v) is 8.29. The Morgan fingerprint density at radius 2 is 2.24 bits per heavy atom. The monoisotopic (exact) mass is 327 g/mol. The van der Waals surface area contributed by atoms with E-state index in [4.69, 9.17) is 4.74 Å². The second-order valence-electron chi connectivity index (χ2n) is 5.46. The average molecular weight is 327 g/mol. The standard InChI is InChI=1S/C14H17NO4S2/c1-10-13(21(17,18)5-3-19-10)14(16)15-7-12(8-15)6-11-2-4-20-9-11/h2,4,9,12H,3,5-8H2,1H3. The van der Waals surface area contributed by atoms with E-state index in [0.29, 0.717) is 19.0 Å². The van der Waals surface area contributed by atoms with Crippen LogP contribution in [-0.4, -0.2) is 44.7 Å². The van der Waals surface area contributed by atoms with E-state index in [9.17, 15) is 13.2 Å². The SMILES string of the molecule is CC1=C(C(=O)N2CC(Cc3ccsc3)C2)S(=O)(=O)CCO1. The third-order valence-electron chi connectivity index (χ3n) is 3.84. The molecule has 0 bridgehead atoms. The molecule has 1 amide bonds. The number of carbonyl (C=O) groups excluding carboxylic acids is 1. The van der Waals surface area contributed by atoms with E-state index in [-0.39, 0.29) is 23.0 Å². The molecule has 0 aliphatic carbocycles. The lowest BCUT2D eigenvalue weighted by atomic mass is 9.93. The van der Waals surface area contributed by atoms with Gasteiger partial charge in [-0.2, -0.15) is 11.3 Å². The molecule has 21 heavy (non-hydrogen) atoms. The fraction of sp³-hybridized carbons (Fsp3) is 0.500. The van der Waals surface area contributed by atoms with Crippen LogP contribution in [0.5, 0.6) is 0 Å². The minimum absolute atomic E-state index is 0.114. The molecule has 2 aliphatic heterocycles. The van der Waals surface area contributed by atoms with Crippen LogP contribution in [0.15, 0.2) is 27.5 Å². The summed E-state index contributed by atoms with van der Waals surface area (Å²) in [6.45, 7) is 2.90. The molecule has 0 aromatic carbocycles. The number of amides is 1. The van der Waals surface area contributed by atoms with E-state index in [2.05, 4.69) is 11.4 Å². The summed E-state index contributed by atoms with van der Waals surface area (Å²) in [5, 5.41) is 4.15.